The van der Waals surface area contributed by atoms with Crippen LogP contribution in [0.4, 0.5) is 0 Å². The Kier molecular flexibility index (Phi) is 2.63. The first-order chi connectivity index (χ1) is 6.83. The smallest absolute Gasteiger partial charge is 0.138 e. The third kappa shape index (κ3) is 1.57. The Morgan fingerprint density at radius 3 is 3.21 bits per heavy atom. The molecule has 0 amide bonds. The highest BCUT2D eigenvalue weighted by Crippen LogP contribution is 2.30. The van der Waals surface area contributed by atoms with Crippen LogP contribution in [0, 0.1) is 5.92 Å². The lowest BCUT2D eigenvalue weighted by Crippen LogP contribution is -2.25. The van der Waals surface area contributed by atoms with Gasteiger partial charge in [-0.1, -0.05) is 0 Å². The van der Waals surface area contributed by atoms with Crippen LogP contribution in [-0.4, -0.2) is 22.4 Å². The second kappa shape index (κ2) is 3.92. The molecule has 1 aliphatic heterocycles. The number of aryl methyl sites for hydroxylation is 1. The van der Waals surface area contributed by atoms with E-state index in [0.29, 0.717) is 0 Å². The summed E-state index contributed by atoms with van der Waals surface area (Å²) in [7, 11) is 1.92. The predicted octanol–water partition coefficient (Wildman–Crippen LogP) is 1.09. The third-order valence-electron chi connectivity index (χ3n) is 2.66. The largest absolute Gasteiger partial charge is 0.370 e. The van der Waals surface area contributed by atoms with Crippen LogP contribution >= 0.6 is 0 Å². The van der Waals surface area contributed by atoms with E-state index in [1.54, 1.807) is 6.20 Å². The molecule has 2 unspecified atom stereocenters. The topological polar surface area (TPSA) is 44.1 Å². The lowest BCUT2D eigenvalue weighted by atomic mass is 9.95. The maximum atomic E-state index is 10.9. The molecule has 2 heterocycles. The normalized spacial score (nSPS) is 27.5. The average molecular weight is 194 g/mol. The summed E-state index contributed by atoms with van der Waals surface area (Å²) in [5.74, 6) is 0.812. The molecule has 0 radical (unpaired) electrons. The molecular formula is C10H14N2O2. The van der Waals surface area contributed by atoms with Crippen molar-refractivity contribution in [3.05, 3.63) is 18.2 Å². The van der Waals surface area contributed by atoms with Gasteiger partial charge in [-0.05, 0) is 12.8 Å². The van der Waals surface area contributed by atoms with Crippen molar-refractivity contribution in [2.24, 2.45) is 13.0 Å². The van der Waals surface area contributed by atoms with Crippen molar-refractivity contribution in [3.63, 3.8) is 0 Å². The van der Waals surface area contributed by atoms with Gasteiger partial charge in [0.25, 0.3) is 0 Å². The van der Waals surface area contributed by atoms with Crippen LogP contribution in [0.2, 0.25) is 0 Å². The Morgan fingerprint density at radius 2 is 2.57 bits per heavy atom. The molecule has 0 N–H and O–H groups in total. The van der Waals surface area contributed by atoms with Crippen LogP contribution in [0.25, 0.3) is 0 Å². The highest BCUT2D eigenvalue weighted by molar-refractivity contribution is 5.55. The van der Waals surface area contributed by atoms with Crippen molar-refractivity contribution in [1.82, 2.24) is 9.55 Å². The molecule has 1 saturated heterocycles. The van der Waals surface area contributed by atoms with E-state index in [0.717, 1.165) is 31.6 Å². The molecular weight excluding hydrogens is 180 g/mol. The average Bonchev–Trinajstić information content (AvgIpc) is 2.64. The van der Waals surface area contributed by atoms with Crippen molar-refractivity contribution >= 4 is 6.29 Å². The molecule has 4 heteroatoms. The molecule has 0 spiro atoms. The number of rotatable bonds is 2. The fraction of sp³-hybridized carbons (Fsp3) is 0.600. The first-order valence-corrected chi connectivity index (χ1v) is 4.87. The number of imidazole rings is 1. The van der Waals surface area contributed by atoms with Gasteiger partial charge in [-0.15, -0.1) is 0 Å². The summed E-state index contributed by atoms with van der Waals surface area (Å²) in [4.78, 5) is 15.1. The maximum absolute atomic E-state index is 10.9. The Labute approximate surface area is 82.9 Å². The van der Waals surface area contributed by atoms with Gasteiger partial charge in [-0.3, -0.25) is 0 Å². The molecule has 0 saturated carbocycles. The second-order valence-electron chi connectivity index (χ2n) is 3.63. The summed E-state index contributed by atoms with van der Waals surface area (Å²) in [5, 5.41) is 0. The first-order valence-electron chi connectivity index (χ1n) is 4.87. The lowest BCUT2D eigenvalue weighted by Gasteiger charge is -2.27. The number of carbonyl (C=O) groups is 1. The minimum atomic E-state index is -0.152. The second-order valence-corrected chi connectivity index (χ2v) is 3.63. The SMILES string of the molecule is Cn1ccnc1C1OCCCC1C=O. The number of hydrogen-bond acceptors (Lipinski definition) is 3. The van der Waals surface area contributed by atoms with Gasteiger partial charge in [0.2, 0.25) is 0 Å². The van der Waals surface area contributed by atoms with Crippen LogP contribution in [-0.2, 0) is 16.6 Å². The van der Waals surface area contributed by atoms with Gasteiger partial charge in [0, 0.05) is 32.0 Å². The van der Waals surface area contributed by atoms with E-state index in [1.165, 1.54) is 0 Å². The van der Waals surface area contributed by atoms with Gasteiger partial charge in [0.05, 0.1) is 0 Å². The quantitative estimate of drug-likeness (QED) is 0.662. The molecule has 2 rings (SSSR count). The number of hydrogen-bond donors (Lipinski definition) is 0. The summed E-state index contributed by atoms with van der Waals surface area (Å²) >= 11 is 0. The molecule has 0 aromatic carbocycles. The van der Waals surface area contributed by atoms with E-state index in [-0.39, 0.29) is 12.0 Å². The summed E-state index contributed by atoms with van der Waals surface area (Å²) < 4.78 is 7.50. The van der Waals surface area contributed by atoms with E-state index >= 15 is 0 Å². The van der Waals surface area contributed by atoms with Gasteiger partial charge < -0.3 is 14.1 Å². The van der Waals surface area contributed by atoms with E-state index in [1.807, 2.05) is 17.8 Å². The Morgan fingerprint density at radius 1 is 1.71 bits per heavy atom. The lowest BCUT2D eigenvalue weighted by molar-refractivity contribution is -0.120. The summed E-state index contributed by atoms with van der Waals surface area (Å²) in [5.41, 5.74) is 0. The summed E-state index contributed by atoms with van der Waals surface area (Å²) in [6.07, 6.45) is 6.30. The van der Waals surface area contributed by atoms with Crippen molar-refractivity contribution in [3.8, 4) is 0 Å². The van der Waals surface area contributed by atoms with Crippen molar-refractivity contribution in [2.75, 3.05) is 6.61 Å². The first kappa shape index (κ1) is 9.40. The van der Waals surface area contributed by atoms with Gasteiger partial charge in [0.1, 0.15) is 18.2 Å². The zero-order chi connectivity index (χ0) is 9.97. The molecule has 1 aromatic heterocycles. The molecule has 0 bridgehead atoms. The Hall–Kier alpha value is -1.16. The van der Waals surface area contributed by atoms with Crippen LogP contribution in [0.3, 0.4) is 0 Å². The van der Waals surface area contributed by atoms with E-state index in [9.17, 15) is 4.79 Å². The van der Waals surface area contributed by atoms with E-state index in [2.05, 4.69) is 4.98 Å². The molecule has 1 aliphatic rings. The van der Waals surface area contributed by atoms with Crippen molar-refractivity contribution in [1.29, 1.82) is 0 Å². The monoisotopic (exact) mass is 194 g/mol. The van der Waals surface area contributed by atoms with Crippen molar-refractivity contribution in [2.45, 2.75) is 18.9 Å². The summed E-state index contributed by atoms with van der Waals surface area (Å²) in [6, 6.07) is 0. The van der Waals surface area contributed by atoms with Crippen molar-refractivity contribution < 1.29 is 9.53 Å². The number of carbonyl (C=O) groups excluding carboxylic acids is 1. The predicted molar refractivity (Wildman–Crippen MR) is 50.7 cm³/mol. The van der Waals surface area contributed by atoms with Gasteiger partial charge in [-0.2, -0.15) is 0 Å². The molecule has 1 fully saturated rings. The molecule has 4 nitrogen and oxygen atoms in total. The number of nitrogens with zero attached hydrogens (tertiary/aromatic N) is 2. The minimum Gasteiger partial charge on any atom is -0.370 e. The molecule has 0 aliphatic carbocycles. The van der Waals surface area contributed by atoms with Gasteiger partial charge >= 0.3 is 0 Å². The van der Waals surface area contributed by atoms with Crippen LogP contribution < -0.4 is 0 Å². The fourth-order valence-electron chi connectivity index (χ4n) is 1.86. The Balaban J connectivity index is 2.23. The number of ether oxygens (including phenoxy) is 1. The number of aldehydes is 1. The molecule has 76 valence electrons. The van der Waals surface area contributed by atoms with Crippen LogP contribution in [0.1, 0.15) is 24.8 Å². The Bertz CT molecular complexity index is 322. The van der Waals surface area contributed by atoms with Gasteiger partial charge in [0.15, 0.2) is 0 Å². The zero-order valence-electron chi connectivity index (χ0n) is 8.22. The zero-order valence-corrected chi connectivity index (χ0v) is 8.22. The minimum absolute atomic E-state index is 0.0372. The van der Waals surface area contributed by atoms with Crippen LogP contribution in [0.15, 0.2) is 12.4 Å². The van der Waals surface area contributed by atoms with Gasteiger partial charge in [-0.25, -0.2) is 4.98 Å². The van der Waals surface area contributed by atoms with Crippen LogP contribution in [0.5, 0.6) is 0 Å². The maximum Gasteiger partial charge on any atom is 0.138 e. The summed E-state index contributed by atoms with van der Waals surface area (Å²) in [6.45, 7) is 0.724. The fourth-order valence-corrected chi connectivity index (χ4v) is 1.86. The highest BCUT2D eigenvalue weighted by Gasteiger charge is 2.29. The molecule has 2 atom stereocenters. The molecule has 1 aromatic rings. The third-order valence-corrected chi connectivity index (χ3v) is 2.66. The number of aromatic nitrogens is 2. The highest BCUT2D eigenvalue weighted by atomic mass is 16.5. The molecule has 14 heavy (non-hydrogen) atoms. The van der Waals surface area contributed by atoms with E-state index in [4.69, 9.17) is 4.74 Å². The standard InChI is InChI=1S/C10H14N2O2/c1-12-5-4-11-10(12)9-8(7-13)3-2-6-14-9/h4-5,7-9H,2-3,6H2,1H3. The van der Waals surface area contributed by atoms with E-state index < -0.39 is 0 Å².